The van der Waals surface area contributed by atoms with E-state index < -0.39 is 5.97 Å². The molecule has 1 fully saturated rings. The zero-order valence-electron chi connectivity index (χ0n) is 13.4. The summed E-state index contributed by atoms with van der Waals surface area (Å²) in [6, 6.07) is 5.83. The maximum atomic E-state index is 12.1. The minimum atomic E-state index is -0.618. The molecule has 0 aromatic heterocycles. The van der Waals surface area contributed by atoms with Crippen LogP contribution in [0.15, 0.2) is 21.6 Å². The molecule has 1 atom stereocenters. The molecule has 0 amide bonds. The van der Waals surface area contributed by atoms with Gasteiger partial charge in [-0.1, -0.05) is 12.8 Å². The Hall–Kier alpha value is -2.23. The molecule has 0 aromatic carbocycles. The van der Waals surface area contributed by atoms with E-state index in [1.54, 1.807) is 6.92 Å². The van der Waals surface area contributed by atoms with Gasteiger partial charge in [-0.25, -0.2) is 4.79 Å². The van der Waals surface area contributed by atoms with Gasteiger partial charge in [-0.15, -0.1) is 11.8 Å². The van der Waals surface area contributed by atoms with Crippen LogP contribution < -0.4 is 0 Å². The third-order valence-electron chi connectivity index (χ3n) is 3.78. The number of allylic oxidation sites excluding steroid dienone is 3. The van der Waals surface area contributed by atoms with Crippen LogP contribution in [0.5, 0.6) is 0 Å². The zero-order chi connectivity index (χ0) is 17.2. The van der Waals surface area contributed by atoms with E-state index in [9.17, 15) is 20.6 Å². The van der Waals surface area contributed by atoms with Crippen LogP contribution in [0.25, 0.3) is 0 Å². The summed E-state index contributed by atoms with van der Waals surface area (Å²) in [7, 11) is 0. The Morgan fingerprint density at radius 3 is 2.43 bits per heavy atom. The molecular formula is C17H19N3O2S. The van der Waals surface area contributed by atoms with Crippen LogP contribution in [0.2, 0.25) is 0 Å². The Morgan fingerprint density at radius 2 is 1.91 bits per heavy atom. The standard InChI is InChI=1S/C17H19N3O2S/c1-3-22-17(21)15(11-20)13-7-5-4-6-8-14(13)16(23-2)12(9-18)10-19/h14H,3-8H2,1-2H3. The van der Waals surface area contributed by atoms with Crippen molar-refractivity contribution in [2.45, 2.75) is 39.0 Å². The summed E-state index contributed by atoms with van der Waals surface area (Å²) in [5.41, 5.74) is 0.791. The lowest BCUT2D eigenvalue weighted by Gasteiger charge is -2.21. The number of rotatable bonds is 4. The van der Waals surface area contributed by atoms with Crippen LogP contribution in [-0.2, 0) is 9.53 Å². The molecule has 6 heteroatoms. The van der Waals surface area contributed by atoms with Crippen LogP contribution in [0, 0.1) is 39.9 Å². The van der Waals surface area contributed by atoms with Gasteiger partial charge in [0.2, 0.25) is 0 Å². The van der Waals surface area contributed by atoms with E-state index in [2.05, 4.69) is 0 Å². The summed E-state index contributed by atoms with van der Waals surface area (Å²) >= 11 is 1.34. The van der Waals surface area contributed by atoms with Crippen molar-refractivity contribution in [3.63, 3.8) is 0 Å². The van der Waals surface area contributed by atoms with Gasteiger partial charge in [0, 0.05) is 10.8 Å². The second-order valence-corrected chi connectivity index (χ2v) is 5.90. The summed E-state index contributed by atoms with van der Waals surface area (Å²) in [6.45, 7) is 1.90. The van der Waals surface area contributed by atoms with Crippen molar-refractivity contribution >= 4 is 17.7 Å². The van der Waals surface area contributed by atoms with Crippen molar-refractivity contribution in [2.75, 3.05) is 12.9 Å². The first-order valence-corrected chi connectivity index (χ1v) is 8.75. The Morgan fingerprint density at radius 1 is 1.22 bits per heavy atom. The lowest BCUT2D eigenvalue weighted by atomic mass is 9.88. The molecule has 0 aliphatic heterocycles. The molecule has 1 unspecified atom stereocenters. The number of esters is 1. The monoisotopic (exact) mass is 329 g/mol. The number of nitrogens with zero attached hydrogens (tertiary/aromatic N) is 3. The number of carbonyl (C=O) groups excluding carboxylic acids is 1. The van der Waals surface area contributed by atoms with Crippen molar-refractivity contribution < 1.29 is 9.53 Å². The average molecular weight is 329 g/mol. The van der Waals surface area contributed by atoms with E-state index in [-0.39, 0.29) is 23.7 Å². The molecule has 120 valence electrons. The van der Waals surface area contributed by atoms with Gasteiger partial charge < -0.3 is 4.74 Å². The highest BCUT2D eigenvalue weighted by molar-refractivity contribution is 8.02. The Bertz CT molecular complexity index is 628. The zero-order valence-corrected chi connectivity index (χ0v) is 14.2. The van der Waals surface area contributed by atoms with Gasteiger partial charge in [0.1, 0.15) is 29.4 Å². The molecule has 0 bridgehead atoms. The van der Waals surface area contributed by atoms with Crippen molar-refractivity contribution in [1.82, 2.24) is 0 Å². The fourth-order valence-electron chi connectivity index (χ4n) is 2.78. The highest BCUT2D eigenvalue weighted by Crippen LogP contribution is 2.40. The lowest BCUT2D eigenvalue weighted by molar-refractivity contribution is -0.138. The molecule has 1 aliphatic rings. The molecule has 0 spiro atoms. The molecule has 0 heterocycles. The Kier molecular flexibility index (Phi) is 7.95. The van der Waals surface area contributed by atoms with Gasteiger partial charge in [0.15, 0.2) is 0 Å². The summed E-state index contributed by atoms with van der Waals surface area (Å²) in [6.07, 6.45) is 5.96. The molecule has 1 rings (SSSR count). The van der Waals surface area contributed by atoms with Gasteiger partial charge in [-0.3, -0.25) is 0 Å². The van der Waals surface area contributed by atoms with Gasteiger partial charge >= 0.3 is 5.97 Å². The normalized spacial score (nSPS) is 19.3. The van der Waals surface area contributed by atoms with E-state index >= 15 is 0 Å². The van der Waals surface area contributed by atoms with Crippen molar-refractivity contribution in [1.29, 1.82) is 15.8 Å². The van der Waals surface area contributed by atoms with E-state index in [0.717, 1.165) is 25.7 Å². The van der Waals surface area contributed by atoms with Crippen LogP contribution in [-0.4, -0.2) is 18.8 Å². The van der Waals surface area contributed by atoms with Crippen LogP contribution in [0.1, 0.15) is 39.0 Å². The molecular weight excluding hydrogens is 310 g/mol. The molecule has 1 saturated carbocycles. The number of nitriles is 3. The van der Waals surface area contributed by atoms with Gasteiger partial charge in [-0.05, 0) is 38.0 Å². The second kappa shape index (κ2) is 9.72. The van der Waals surface area contributed by atoms with Crippen LogP contribution >= 0.6 is 11.8 Å². The minimum Gasteiger partial charge on any atom is -0.462 e. The fraction of sp³-hybridized carbons (Fsp3) is 0.529. The number of carbonyl (C=O) groups is 1. The lowest BCUT2D eigenvalue weighted by Crippen LogP contribution is -2.15. The van der Waals surface area contributed by atoms with E-state index in [4.69, 9.17) is 4.74 Å². The van der Waals surface area contributed by atoms with E-state index in [1.807, 2.05) is 24.5 Å². The van der Waals surface area contributed by atoms with Gasteiger partial charge in [-0.2, -0.15) is 15.8 Å². The molecule has 0 aromatic rings. The third-order valence-corrected chi connectivity index (χ3v) is 4.71. The van der Waals surface area contributed by atoms with Crippen molar-refractivity contribution in [3.05, 3.63) is 21.6 Å². The van der Waals surface area contributed by atoms with E-state index in [1.165, 1.54) is 11.8 Å². The second-order valence-electron chi connectivity index (χ2n) is 5.05. The largest absolute Gasteiger partial charge is 0.462 e. The quantitative estimate of drug-likeness (QED) is 0.338. The Labute approximate surface area is 141 Å². The Balaban J connectivity index is 3.49. The number of hydrogen-bond acceptors (Lipinski definition) is 6. The number of thioether (sulfide) groups is 1. The molecule has 1 aliphatic carbocycles. The summed E-state index contributed by atoms with van der Waals surface area (Å²) < 4.78 is 4.99. The number of hydrogen-bond donors (Lipinski definition) is 0. The first kappa shape index (κ1) is 18.8. The first-order chi connectivity index (χ1) is 11.1. The van der Waals surface area contributed by atoms with Gasteiger partial charge in [0.25, 0.3) is 0 Å². The first-order valence-electron chi connectivity index (χ1n) is 7.53. The van der Waals surface area contributed by atoms with Gasteiger partial charge in [0.05, 0.1) is 6.61 Å². The van der Waals surface area contributed by atoms with Crippen molar-refractivity contribution in [3.8, 4) is 18.2 Å². The van der Waals surface area contributed by atoms with Crippen LogP contribution in [0.3, 0.4) is 0 Å². The highest BCUT2D eigenvalue weighted by Gasteiger charge is 2.29. The molecule has 0 saturated heterocycles. The predicted octanol–water partition coefficient (Wildman–Crippen LogP) is 3.61. The molecule has 5 nitrogen and oxygen atoms in total. The predicted molar refractivity (Wildman–Crippen MR) is 87.6 cm³/mol. The number of ether oxygens (including phenoxy) is 1. The average Bonchev–Trinajstić information content (AvgIpc) is 2.79. The smallest absolute Gasteiger partial charge is 0.348 e. The summed E-state index contributed by atoms with van der Waals surface area (Å²) in [5, 5.41) is 27.8. The maximum absolute atomic E-state index is 12.1. The molecule has 0 N–H and O–H groups in total. The minimum absolute atomic E-state index is 0.0283. The van der Waals surface area contributed by atoms with E-state index in [0.29, 0.717) is 16.9 Å². The summed E-state index contributed by atoms with van der Waals surface area (Å²) in [4.78, 5) is 12.7. The van der Waals surface area contributed by atoms with Crippen LogP contribution in [0.4, 0.5) is 0 Å². The topological polar surface area (TPSA) is 97.7 Å². The third kappa shape index (κ3) is 4.62. The van der Waals surface area contributed by atoms with Crippen molar-refractivity contribution in [2.24, 2.45) is 5.92 Å². The maximum Gasteiger partial charge on any atom is 0.348 e. The SMILES string of the molecule is CCOC(=O)C(C#N)=C1CCCCCC1C(SC)=C(C#N)C#N. The highest BCUT2D eigenvalue weighted by atomic mass is 32.2. The molecule has 23 heavy (non-hydrogen) atoms. The fourth-order valence-corrected chi connectivity index (χ4v) is 3.62. The summed E-state index contributed by atoms with van der Waals surface area (Å²) in [5.74, 6) is -0.853. The molecule has 0 radical (unpaired) electrons.